The van der Waals surface area contributed by atoms with Gasteiger partial charge >= 0.3 is 0 Å². The highest BCUT2D eigenvalue weighted by Gasteiger charge is 2.37. The molecule has 1 aromatic carbocycles. The SMILES string of the molecule is Cc1ccccc1OCC(=O)N[C@@H]1C[C@H]2CO[C@@H](CCO)CN2C1. The van der Waals surface area contributed by atoms with Gasteiger partial charge in [-0.15, -0.1) is 0 Å². The number of aliphatic hydroxyl groups is 1. The molecule has 1 amide bonds. The van der Waals surface area contributed by atoms with E-state index in [9.17, 15) is 4.79 Å². The summed E-state index contributed by atoms with van der Waals surface area (Å²) in [5, 5.41) is 12.1. The Labute approximate surface area is 142 Å². The molecule has 24 heavy (non-hydrogen) atoms. The molecule has 2 heterocycles. The van der Waals surface area contributed by atoms with Crippen LogP contribution in [-0.4, -0.2) is 67.0 Å². The second kappa shape index (κ2) is 7.96. The van der Waals surface area contributed by atoms with Crippen molar-refractivity contribution in [2.24, 2.45) is 0 Å². The summed E-state index contributed by atoms with van der Waals surface area (Å²) < 4.78 is 11.4. The van der Waals surface area contributed by atoms with Gasteiger partial charge in [-0.05, 0) is 31.4 Å². The van der Waals surface area contributed by atoms with Crippen molar-refractivity contribution in [2.75, 3.05) is 32.9 Å². The predicted molar refractivity (Wildman–Crippen MR) is 90.0 cm³/mol. The van der Waals surface area contributed by atoms with Gasteiger partial charge in [0.15, 0.2) is 6.61 Å². The van der Waals surface area contributed by atoms with Crippen molar-refractivity contribution in [2.45, 2.75) is 38.0 Å². The Morgan fingerprint density at radius 3 is 3.04 bits per heavy atom. The Bertz CT molecular complexity index is 566. The van der Waals surface area contributed by atoms with Gasteiger partial charge in [0.25, 0.3) is 5.91 Å². The van der Waals surface area contributed by atoms with E-state index in [1.54, 1.807) is 0 Å². The fraction of sp³-hybridized carbons (Fsp3) is 0.611. The molecule has 1 aromatic rings. The molecule has 0 saturated carbocycles. The number of rotatable bonds is 6. The van der Waals surface area contributed by atoms with Crippen LogP contribution >= 0.6 is 0 Å². The van der Waals surface area contributed by atoms with E-state index >= 15 is 0 Å². The molecule has 2 aliphatic heterocycles. The number of nitrogens with one attached hydrogen (secondary N) is 1. The molecule has 0 unspecified atom stereocenters. The quantitative estimate of drug-likeness (QED) is 0.802. The summed E-state index contributed by atoms with van der Waals surface area (Å²) in [7, 11) is 0. The number of hydrogen-bond acceptors (Lipinski definition) is 5. The Balaban J connectivity index is 1.44. The van der Waals surface area contributed by atoms with Gasteiger partial charge in [-0.2, -0.15) is 0 Å². The normalized spacial score (nSPS) is 26.8. The van der Waals surface area contributed by atoms with Crippen LogP contribution in [0.1, 0.15) is 18.4 Å². The molecule has 6 heteroatoms. The van der Waals surface area contributed by atoms with Gasteiger partial charge in [-0.25, -0.2) is 0 Å². The number of fused-ring (bicyclic) bond motifs is 1. The summed E-state index contributed by atoms with van der Waals surface area (Å²) in [6, 6.07) is 8.19. The lowest BCUT2D eigenvalue weighted by Gasteiger charge is -2.34. The molecule has 3 atom stereocenters. The van der Waals surface area contributed by atoms with Crippen LogP contribution in [0.25, 0.3) is 0 Å². The third-order valence-corrected chi connectivity index (χ3v) is 4.76. The van der Waals surface area contributed by atoms with Crippen LogP contribution in [0.3, 0.4) is 0 Å². The number of amides is 1. The standard InChI is InChI=1S/C18H26N2O4/c1-13-4-2-3-5-17(13)24-12-18(22)19-14-8-15-11-23-16(6-7-21)10-20(15)9-14/h2-5,14-16,21H,6-12H2,1H3,(H,19,22)/t14-,15+,16+/m1/s1. The molecule has 0 aliphatic carbocycles. The van der Waals surface area contributed by atoms with E-state index in [1.165, 1.54) is 0 Å². The third-order valence-electron chi connectivity index (χ3n) is 4.76. The summed E-state index contributed by atoms with van der Waals surface area (Å²) in [6.45, 7) is 4.50. The lowest BCUT2D eigenvalue weighted by molar-refractivity contribution is -0.123. The Morgan fingerprint density at radius 1 is 1.42 bits per heavy atom. The first-order chi connectivity index (χ1) is 11.7. The number of hydrogen-bond donors (Lipinski definition) is 2. The number of aryl methyl sites for hydroxylation is 1. The van der Waals surface area contributed by atoms with Gasteiger partial charge in [-0.3, -0.25) is 9.69 Å². The molecule has 132 valence electrons. The predicted octanol–water partition coefficient (Wildman–Crippen LogP) is 0.714. The highest BCUT2D eigenvalue weighted by molar-refractivity contribution is 5.78. The number of aliphatic hydroxyl groups excluding tert-OH is 1. The number of para-hydroxylation sites is 1. The molecule has 2 saturated heterocycles. The highest BCUT2D eigenvalue weighted by Crippen LogP contribution is 2.24. The average molecular weight is 334 g/mol. The first-order valence-corrected chi connectivity index (χ1v) is 8.60. The Morgan fingerprint density at radius 2 is 2.25 bits per heavy atom. The maximum absolute atomic E-state index is 12.1. The largest absolute Gasteiger partial charge is 0.484 e. The van der Waals surface area contributed by atoms with E-state index in [-0.39, 0.29) is 31.3 Å². The summed E-state index contributed by atoms with van der Waals surface area (Å²) in [6.07, 6.45) is 1.68. The molecule has 0 bridgehead atoms. The number of benzene rings is 1. The number of carbonyl (C=O) groups is 1. The first-order valence-electron chi connectivity index (χ1n) is 8.60. The highest BCUT2D eigenvalue weighted by atomic mass is 16.5. The van der Waals surface area contributed by atoms with Crippen molar-refractivity contribution in [3.63, 3.8) is 0 Å². The van der Waals surface area contributed by atoms with E-state index in [1.807, 2.05) is 31.2 Å². The van der Waals surface area contributed by atoms with Crippen molar-refractivity contribution >= 4 is 5.91 Å². The zero-order chi connectivity index (χ0) is 16.9. The molecule has 0 spiro atoms. The lowest BCUT2D eigenvalue weighted by atomic mass is 10.1. The van der Waals surface area contributed by atoms with Gasteiger partial charge in [0.05, 0.1) is 12.7 Å². The third kappa shape index (κ3) is 4.26. The average Bonchev–Trinajstić information content (AvgIpc) is 2.96. The maximum atomic E-state index is 12.1. The minimum atomic E-state index is -0.0871. The molecule has 2 N–H and O–H groups in total. The smallest absolute Gasteiger partial charge is 0.258 e. The number of carbonyl (C=O) groups excluding carboxylic acids is 1. The number of ether oxygens (including phenoxy) is 2. The fourth-order valence-electron chi connectivity index (χ4n) is 3.50. The number of morpholine rings is 1. The summed E-state index contributed by atoms with van der Waals surface area (Å²) in [5.41, 5.74) is 1.02. The Hall–Kier alpha value is -1.63. The van der Waals surface area contributed by atoms with Crippen molar-refractivity contribution in [3.05, 3.63) is 29.8 Å². The minimum Gasteiger partial charge on any atom is -0.484 e. The van der Waals surface area contributed by atoms with Gasteiger partial charge in [0.1, 0.15) is 5.75 Å². The molecule has 0 aromatic heterocycles. The molecule has 2 fully saturated rings. The van der Waals surface area contributed by atoms with E-state index in [0.717, 1.165) is 30.8 Å². The minimum absolute atomic E-state index is 0.0374. The van der Waals surface area contributed by atoms with Crippen molar-refractivity contribution in [1.29, 1.82) is 0 Å². The van der Waals surface area contributed by atoms with Crippen LogP contribution in [-0.2, 0) is 9.53 Å². The molecule has 3 rings (SSSR count). The monoisotopic (exact) mass is 334 g/mol. The first kappa shape index (κ1) is 17.2. The van der Waals surface area contributed by atoms with E-state index in [0.29, 0.717) is 19.1 Å². The summed E-state index contributed by atoms with van der Waals surface area (Å²) in [4.78, 5) is 14.5. The second-order valence-corrected chi connectivity index (χ2v) is 6.63. The molecule has 2 aliphatic rings. The number of nitrogens with zero attached hydrogens (tertiary/aromatic N) is 1. The molecular formula is C18H26N2O4. The van der Waals surface area contributed by atoms with Gasteiger partial charge in [0.2, 0.25) is 0 Å². The Kier molecular flexibility index (Phi) is 5.71. The summed E-state index contributed by atoms with van der Waals surface area (Å²) >= 11 is 0. The zero-order valence-corrected chi connectivity index (χ0v) is 14.1. The van der Waals surface area contributed by atoms with Crippen LogP contribution < -0.4 is 10.1 Å². The van der Waals surface area contributed by atoms with Crippen molar-refractivity contribution < 1.29 is 19.4 Å². The van der Waals surface area contributed by atoms with Crippen LogP contribution in [0.5, 0.6) is 5.75 Å². The van der Waals surface area contributed by atoms with Crippen LogP contribution in [0.4, 0.5) is 0 Å². The van der Waals surface area contributed by atoms with Crippen molar-refractivity contribution in [3.8, 4) is 5.75 Å². The zero-order valence-electron chi connectivity index (χ0n) is 14.1. The lowest BCUT2D eigenvalue weighted by Crippen LogP contribution is -2.46. The maximum Gasteiger partial charge on any atom is 0.258 e. The van der Waals surface area contributed by atoms with Gasteiger partial charge in [0, 0.05) is 31.8 Å². The van der Waals surface area contributed by atoms with E-state index < -0.39 is 0 Å². The van der Waals surface area contributed by atoms with Crippen LogP contribution in [0.2, 0.25) is 0 Å². The summed E-state index contributed by atoms with van der Waals surface area (Å²) in [5.74, 6) is 0.660. The van der Waals surface area contributed by atoms with Crippen LogP contribution in [0, 0.1) is 6.92 Å². The fourth-order valence-corrected chi connectivity index (χ4v) is 3.50. The second-order valence-electron chi connectivity index (χ2n) is 6.63. The van der Waals surface area contributed by atoms with Crippen LogP contribution in [0.15, 0.2) is 24.3 Å². The van der Waals surface area contributed by atoms with Crippen molar-refractivity contribution in [1.82, 2.24) is 10.2 Å². The van der Waals surface area contributed by atoms with Gasteiger partial charge < -0.3 is 19.9 Å². The molecule has 0 radical (unpaired) electrons. The van der Waals surface area contributed by atoms with E-state index in [4.69, 9.17) is 14.6 Å². The molecular weight excluding hydrogens is 308 g/mol. The molecule has 6 nitrogen and oxygen atoms in total. The van der Waals surface area contributed by atoms with Gasteiger partial charge in [-0.1, -0.05) is 18.2 Å². The van der Waals surface area contributed by atoms with E-state index in [2.05, 4.69) is 10.2 Å². The topological polar surface area (TPSA) is 71.0 Å².